The van der Waals surface area contributed by atoms with E-state index >= 15 is 0 Å². The number of carbonyl (C=O) groups excluding carboxylic acids is 2. The summed E-state index contributed by atoms with van der Waals surface area (Å²) in [6.07, 6.45) is 0.997. The van der Waals surface area contributed by atoms with Gasteiger partial charge in [0.2, 0.25) is 17.6 Å². The van der Waals surface area contributed by atoms with E-state index in [0.29, 0.717) is 34.9 Å². The van der Waals surface area contributed by atoms with Crippen molar-refractivity contribution in [2.45, 2.75) is 58.3 Å². The molecule has 0 aliphatic heterocycles. The molecule has 0 spiro atoms. The van der Waals surface area contributed by atoms with Crippen LogP contribution in [0, 0.1) is 0 Å². The van der Waals surface area contributed by atoms with Crippen molar-refractivity contribution in [2.24, 2.45) is 0 Å². The van der Waals surface area contributed by atoms with Crippen LogP contribution in [-0.4, -0.2) is 60.8 Å². The number of aromatic nitrogens is 4. The van der Waals surface area contributed by atoms with Crippen molar-refractivity contribution in [1.82, 2.24) is 29.4 Å². The number of thioether (sulfide) groups is 1. The zero-order valence-electron chi connectivity index (χ0n) is 19.0. The Morgan fingerprint density at radius 2 is 1.88 bits per heavy atom. The molecule has 3 rings (SSSR count). The molecule has 2 amide bonds. The number of benzene rings is 1. The van der Waals surface area contributed by atoms with Crippen LogP contribution < -0.4 is 10.9 Å². The molecule has 0 aliphatic carbocycles. The molecule has 1 aromatic carbocycles. The number of nitrogens with zero attached hydrogens (tertiary/aromatic N) is 5. The lowest BCUT2D eigenvalue weighted by Gasteiger charge is -2.18. The van der Waals surface area contributed by atoms with Crippen molar-refractivity contribution >= 4 is 40.3 Å². The second kappa shape index (κ2) is 10.6. The van der Waals surface area contributed by atoms with Crippen LogP contribution in [0.3, 0.4) is 0 Å². The van der Waals surface area contributed by atoms with Gasteiger partial charge in [0.1, 0.15) is 0 Å². The Kier molecular flexibility index (Phi) is 7.89. The highest BCUT2D eigenvalue weighted by Crippen LogP contribution is 2.22. The summed E-state index contributed by atoms with van der Waals surface area (Å²) >= 11 is 1.29. The summed E-state index contributed by atoms with van der Waals surface area (Å²) in [5.74, 6) is 0.503. The smallest absolute Gasteiger partial charge is 0.262 e. The normalized spacial score (nSPS) is 12.2. The Morgan fingerprint density at radius 1 is 1.16 bits per heavy atom. The van der Waals surface area contributed by atoms with Crippen LogP contribution in [0.25, 0.3) is 16.7 Å². The van der Waals surface area contributed by atoms with Crippen molar-refractivity contribution in [3.8, 4) is 0 Å². The number of hydrogen-bond donors (Lipinski definition) is 1. The molecule has 0 aliphatic rings. The van der Waals surface area contributed by atoms with Crippen LogP contribution in [0.15, 0.2) is 34.2 Å². The van der Waals surface area contributed by atoms with Crippen LogP contribution in [0.4, 0.5) is 0 Å². The lowest BCUT2D eigenvalue weighted by Crippen LogP contribution is -2.33. The number of para-hydroxylation sites is 1. The maximum Gasteiger partial charge on any atom is 0.262 e. The molecule has 2 heterocycles. The van der Waals surface area contributed by atoms with Crippen molar-refractivity contribution < 1.29 is 9.59 Å². The largest absolute Gasteiger partial charge is 0.354 e. The zero-order valence-corrected chi connectivity index (χ0v) is 19.8. The molecule has 0 fully saturated rings. The number of rotatable bonds is 10. The van der Waals surface area contributed by atoms with Gasteiger partial charge in [0.25, 0.3) is 5.56 Å². The molecule has 1 N–H and O–H groups in total. The standard InChI is InChI=1S/C22H30N6O3S/c1-5-15(4)23-18(29)12-13-27-20(31)16-10-8-9-11-17(16)28-21(27)24-25-22(28)32-14-19(30)26(6-2)7-3/h8-11,15H,5-7,12-14H2,1-4H3,(H,23,29)/t15-/m0/s1. The fraction of sp³-hybridized carbons (Fsp3) is 0.500. The number of nitrogens with one attached hydrogen (secondary N) is 1. The van der Waals surface area contributed by atoms with E-state index in [0.717, 1.165) is 6.42 Å². The molecular weight excluding hydrogens is 428 g/mol. The average Bonchev–Trinajstić information content (AvgIpc) is 3.22. The fourth-order valence-electron chi connectivity index (χ4n) is 3.48. The highest BCUT2D eigenvalue weighted by atomic mass is 32.2. The van der Waals surface area contributed by atoms with Crippen molar-refractivity contribution in [1.29, 1.82) is 0 Å². The third kappa shape index (κ3) is 4.95. The minimum absolute atomic E-state index is 0.0242. The fourth-order valence-corrected chi connectivity index (χ4v) is 4.33. The third-order valence-electron chi connectivity index (χ3n) is 5.50. The summed E-state index contributed by atoms with van der Waals surface area (Å²) < 4.78 is 3.28. The van der Waals surface area contributed by atoms with Gasteiger partial charge in [-0.3, -0.25) is 23.4 Å². The maximum atomic E-state index is 13.2. The highest BCUT2D eigenvalue weighted by molar-refractivity contribution is 7.99. The Bertz CT molecular complexity index is 1170. The van der Waals surface area contributed by atoms with Gasteiger partial charge in [-0.25, -0.2) is 0 Å². The molecular formula is C22H30N6O3S. The molecule has 0 saturated heterocycles. The summed E-state index contributed by atoms with van der Waals surface area (Å²) in [6, 6.07) is 7.32. The van der Waals surface area contributed by atoms with Gasteiger partial charge in [0.15, 0.2) is 5.16 Å². The highest BCUT2D eigenvalue weighted by Gasteiger charge is 2.19. The summed E-state index contributed by atoms with van der Waals surface area (Å²) in [5, 5.41) is 12.5. The van der Waals surface area contributed by atoms with Crippen LogP contribution in [-0.2, 0) is 16.1 Å². The van der Waals surface area contributed by atoms with Crippen LogP contribution in [0.1, 0.15) is 40.5 Å². The summed E-state index contributed by atoms with van der Waals surface area (Å²) in [5.41, 5.74) is 0.461. The topological polar surface area (TPSA) is 102 Å². The Hall–Kier alpha value is -2.88. The van der Waals surface area contributed by atoms with Crippen LogP contribution in [0.2, 0.25) is 0 Å². The lowest BCUT2D eigenvalue weighted by atomic mass is 10.2. The predicted octanol–water partition coefficient (Wildman–Crippen LogP) is 2.31. The monoisotopic (exact) mass is 458 g/mol. The minimum Gasteiger partial charge on any atom is -0.354 e. The van der Waals surface area contributed by atoms with Gasteiger partial charge in [0.05, 0.1) is 16.7 Å². The number of amides is 2. The van der Waals surface area contributed by atoms with Gasteiger partial charge < -0.3 is 10.2 Å². The lowest BCUT2D eigenvalue weighted by molar-refractivity contribution is -0.128. The Balaban J connectivity index is 1.96. The van der Waals surface area contributed by atoms with Gasteiger partial charge in [-0.05, 0) is 39.3 Å². The SMILES string of the molecule is CC[C@H](C)NC(=O)CCn1c(=O)c2ccccc2n2c(SCC(=O)N(CC)CC)nnc12. The Labute approximate surface area is 191 Å². The second-order valence-electron chi connectivity index (χ2n) is 7.57. The molecule has 1 atom stereocenters. The number of aryl methyl sites for hydroxylation is 1. The van der Waals surface area contributed by atoms with E-state index in [1.54, 1.807) is 21.4 Å². The first kappa shape index (κ1) is 23.8. The van der Waals surface area contributed by atoms with E-state index in [4.69, 9.17) is 0 Å². The molecule has 172 valence electrons. The number of hydrogen-bond acceptors (Lipinski definition) is 6. The molecule has 32 heavy (non-hydrogen) atoms. The van der Waals surface area contributed by atoms with Crippen molar-refractivity contribution in [3.63, 3.8) is 0 Å². The number of fused-ring (bicyclic) bond motifs is 3. The van der Waals surface area contributed by atoms with E-state index in [9.17, 15) is 14.4 Å². The quantitative estimate of drug-likeness (QED) is 0.468. The first-order valence-electron chi connectivity index (χ1n) is 11.0. The molecule has 0 unspecified atom stereocenters. The average molecular weight is 459 g/mol. The molecule has 2 aromatic heterocycles. The van der Waals surface area contributed by atoms with Gasteiger partial charge in [-0.2, -0.15) is 0 Å². The summed E-state index contributed by atoms with van der Waals surface area (Å²) in [4.78, 5) is 39.7. The van der Waals surface area contributed by atoms with Crippen molar-refractivity contribution in [3.05, 3.63) is 34.6 Å². The Morgan fingerprint density at radius 3 is 2.56 bits per heavy atom. The van der Waals surface area contributed by atoms with Gasteiger partial charge in [0, 0.05) is 32.1 Å². The molecule has 0 radical (unpaired) electrons. The van der Waals surface area contributed by atoms with E-state index in [1.807, 2.05) is 39.8 Å². The van der Waals surface area contributed by atoms with E-state index in [1.165, 1.54) is 16.3 Å². The van der Waals surface area contributed by atoms with Crippen molar-refractivity contribution in [2.75, 3.05) is 18.8 Å². The maximum absolute atomic E-state index is 13.2. The second-order valence-corrected chi connectivity index (χ2v) is 8.52. The molecule has 9 nitrogen and oxygen atoms in total. The first-order valence-corrected chi connectivity index (χ1v) is 12.0. The van der Waals surface area contributed by atoms with E-state index < -0.39 is 0 Å². The molecule has 0 bridgehead atoms. The minimum atomic E-state index is -0.215. The molecule has 10 heteroatoms. The molecule has 3 aromatic rings. The summed E-state index contributed by atoms with van der Waals surface area (Å²) in [7, 11) is 0. The van der Waals surface area contributed by atoms with Crippen LogP contribution in [0.5, 0.6) is 0 Å². The van der Waals surface area contributed by atoms with Gasteiger partial charge in [-0.1, -0.05) is 30.8 Å². The third-order valence-corrected chi connectivity index (χ3v) is 6.42. The van der Waals surface area contributed by atoms with E-state index in [2.05, 4.69) is 15.5 Å². The summed E-state index contributed by atoms with van der Waals surface area (Å²) in [6.45, 7) is 9.33. The van der Waals surface area contributed by atoms with Gasteiger partial charge >= 0.3 is 0 Å². The molecule has 0 saturated carbocycles. The van der Waals surface area contributed by atoms with Gasteiger partial charge in [-0.15, -0.1) is 10.2 Å². The van der Waals surface area contributed by atoms with Crippen LogP contribution >= 0.6 is 11.8 Å². The first-order chi connectivity index (χ1) is 15.4. The zero-order chi connectivity index (χ0) is 23.3. The predicted molar refractivity (Wildman–Crippen MR) is 126 cm³/mol. The van der Waals surface area contributed by atoms with E-state index in [-0.39, 0.29) is 42.1 Å². The number of carbonyl (C=O) groups is 2.